The predicted molar refractivity (Wildman–Crippen MR) is 89.3 cm³/mol. The number of benzene rings is 1. The Morgan fingerprint density at radius 1 is 1.12 bits per heavy atom. The van der Waals surface area contributed by atoms with Gasteiger partial charge in [0.25, 0.3) is 0 Å². The highest BCUT2D eigenvalue weighted by Gasteiger charge is 2.40. The van der Waals surface area contributed by atoms with Gasteiger partial charge in [0.2, 0.25) is 0 Å². The van der Waals surface area contributed by atoms with Crippen molar-refractivity contribution in [2.45, 2.75) is 25.6 Å². The molecule has 2 saturated heterocycles. The summed E-state index contributed by atoms with van der Waals surface area (Å²) in [6.45, 7) is 6.10. The number of rotatable bonds is 3. The Kier molecular flexibility index (Phi) is 4.16. The maximum absolute atomic E-state index is 13.1. The molecule has 2 atom stereocenters. The lowest BCUT2D eigenvalue weighted by Gasteiger charge is -2.37. The average molecular weight is 328 g/mol. The Hall–Kier alpha value is -2.05. The van der Waals surface area contributed by atoms with Crippen LogP contribution in [0.3, 0.4) is 0 Å². The Morgan fingerprint density at radius 3 is 2.71 bits per heavy atom. The van der Waals surface area contributed by atoms with Crippen LogP contribution >= 0.6 is 0 Å². The Balaban J connectivity index is 1.47. The lowest BCUT2D eigenvalue weighted by atomic mass is 10.1. The minimum atomic E-state index is -0.193. The van der Waals surface area contributed by atoms with Crippen LogP contribution in [0.15, 0.2) is 36.4 Å². The summed E-state index contributed by atoms with van der Waals surface area (Å²) in [7, 11) is 0. The molecule has 2 fully saturated rings. The number of fused-ring (bicyclic) bond motifs is 1. The first kappa shape index (κ1) is 15.5. The van der Waals surface area contributed by atoms with Crippen LogP contribution in [0.2, 0.25) is 0 Å². The molecule has 0 spiro atoms. The van der Waals surface area contributed by atoms with Gasteiger partial charge in [0, 0.05) is 26.2 Å². The van der Waals surface area contributed by atoms with Gasteiger partial charge in [-0.1, -0.05) is 12.1 Å². The summed E-state index contributed by atoms with van der Waals surface area (Å²) < 4.78 is 19.0. The van der Waals surface area contributed by atoms with Crippen LogP contribution in [0.4, 0.5) is 10.2 Å². The molecule has 0 aliphatic carbocycles. The van der Waals surface area contributed by atoms with Gasteiger partial charge in [0.15, 0.2) is 5.82 Å². The normalized spacial score (nSPS) is 24.2. The molecule has 24 heavy (non-hydrogen) atoms. The molecule has 1 aromatic carbocycles. The third kappa shape index (κ3) is 3.12. The number of halogens is 1. The number of aromatic nitrogens is 2. The molecule has 4 rings (SSSR count). The van der Waals surface area contributed by atoms with Crippen molar-refractivity contribution >= 4 is 5.82 Å². The van der Waals surface area contributed by atoms with Gasteiger partial charge >= 0.3 is 0 Å². The number of anilines is 1. The molecule has 0 unspecified atom stereocenters. The smallest absolute Gasteiger partial charge is 0.151 e. The quantitative estimate of drug-likeness (QED) is 0.862. The van der Waals surface area contributed by atoms with E-state index in [0.717, 1.165) is 43.3 Å². The molecule has 0 saturated carbocycles. The second-order valence-electron chi connectivity index (χ2n) is 6.52. The fourth-order valence-corrected chi connectivity index (χ4v) is 3.57. The minimum absolute atomic E-state index is 0.183. The molecule has 0 radical (unpaired) electrons. The van der Waals surface area contributed by atoms with Gasteiger partial charge in [-0.2, -0.15) is 5.10 Å². The van der Waals surface area contributed by atoms with Gasteiger partial charge in [-0.3, -0.25) is 4.90 Å². The monoisotopic (exact) mass is 328 g/mol. The fraction of sp³-hybridized carbons (Fsp3) is 0.444. The van der Waals surface area contributed by atoms with Crippen molar-refractivity contribution in [3.63, 3.8) is 0 Å². The Morgan fingerprint density at radius 2 is 1.96 bits per heavy atom. The van der Waals surface area contributed by atoms with Gasteiger partial charge in [-0.05, 0) is 36.8 Å². The number of likely N-dealkylation sites (tertiary alicyclic amines) is 1. The van der Waals surface area contributed by atoms with Crippen LogP contribution in [0.5, 0.6) is 0 Å². The maximum atomic E-state index is 13.1. The molecule has 2 aliphatic heterocycles. The Bertz CT molecular complexity index is 691. The maximum Gasteiger partial charge on any atom is 0.151 e. The van der Waals surface area contributed by atoms with Crippen molar-refractivity contribution in [3.05, 3.63) is 53.5 Å². The molecular formula is C18H21FN4O. The van der Waals surface area contributed by atoms with E-state index in [1.807, 2.05) is 31.2 Å². The lowest BCUT2D eigenvalue weighted by Crippen LogP contribution is -2.51. The first-order valence-corrected chi connectivity index (χ1v) is 8.34. The van der Waals surface area contributed by atoms with E-state index in [1.54, 1.807) is 0 Å². The van der Waals surface area contributed by atoms with Crippen molar-refractivity contribution in [2.24, 2.45) is 0 Å². The predicted octanol–water partition coefficient (Wildman–Crippen LogP) is 2.01. The standard InChI is InChI=1S/C18H21FN4O/c1-13-2-7-18(21-20-13)23-8-9-24-17-12-22(11-16(17)23)10-14-3-5-15(19)6-4-14/h2-7,16-17H,8-12H2,1H3/t16-,17+/m0/s1. The van der Waals surface area contributed by atoms with Gasteiger partial charge < -0.3 is 9.64 Å². The number of hydrogen-bond acceptors (Lipinski definition) is 5. The van der Waals surface area contributed by atoms with Crippen molar-refractivity contribution in [3.8, 4) is 0 Å². The summed E-state index contributed by atoms with van der Waals surface area (Å²) in [5.41, 5.74) is 2.05. The van der Waals surface area contributed by atoms with Gasteiger partial charge in [-0.15, -0.1) is 5.10 Å². The van der Waals surface area contributed by atoms with Crippen molar-refractivity contribution in [1.82, 2.24) is 15.1 Å². The van der Waals surface area contributed by atoms with E-state index in [-0.39, 0.29) is 18.0 Å². The summed E-state index contributed by atoms with van der Waals surface area (Å²) >= 11 is 0. The molecular weight excluding hydrogens is 307 g/mol. The number of hydrogen-bond donors (Lipinski definition) is 0. The van der Waals surface area contributed by atoms with Crippen LogP contribution < -0.4 is 4.90 Å². The van der Waals surface area contributed by atoms with Gasteiger partial charge in [-0.25, -0.2) is 4.39 Å². The van der Waals surface area contributed by atoms with Gasteiger partial charge in [0.1, 0.15) is 5.82 Å². The van der Waals surface area contributed by atoms with Crippen LogP contribution in [0, 0.1) is 12.7 Å². The second-order valence-corrected chi connectivity index (χ2v) is 6.52. The summed E-state index contributed by atoms with van der Waals surface area (Å²) in [6.07, 6.45) is 0.183. The SMILES string of the molecule is Cc1ccc(N2CCO[C@@H]3CN(Cc4ccc(F)cc4)C[C@@H]32)nn1. The van der Waals surface area contributed by atoms with E-state index in [9.17, 15) is 4.39 Å². The molecule has 2 aliphatic rings. The molecule has 0 N–H and O–H groups in total. The van der Waals surface area contributed by atoms with E-state index < -0.39 is 0 Å². The molecule has 2 aromatic rings. The largest absolute Gasteiger partial charge is 0.373 e. The van der Waals surface area contributed by atoms with Crippen molar-refractivity contribution < 1.29 is 9.13 Å². The summed E-state index contributed by atoms with van der Waals surface area (Å²) in [5.74, 6) is 0.726. The molecule has 6 heteroatoms. The van der Waals surface area contributed by atoms with E-state index in [4.69, 9.17) is 4.74 Å². The molecule has 1 aromatic heterocycles. The molecule has 5 nitrogen and oxygen atoms in total. The highest BCUT2D eigenvalue weighted by Crippen LogP contribution is 2.27. The fourth-order valence-electron chi connectivity index (χ4n) is 3.57. The number of aryl methyl sites for hydroxylation is 1. The average Bonchev–Trinajstić information content (AvgIpc) is 3.00. The van der Waals surface area contributed by atoms with E-state index in [1.165, 1.54) is 12.1 Å². The summed E-state index contributed by atoms with van der Waals surface area (Å²) in [4.78, 5) is 4.67. The van der Waals surface area contributed by atoms with Crippen LogP contribution in [0.25, 0.3) is 0 Å². The zero-order valence-electron chi connectivity index (χ0n) is 13.7. The third-order valence-electron chi connectivity index (χ3n) is 4.77. The van der Waals surface area contributed by atoms with Crippen LogP contribution in [0.1, 0.15) is 11.3 Å². The molecule has 0 bridgehead atoms. The summed E-state index contributed by atoms with van der Waals surface area (Å²) in [5, 5.41) is 8.52. The zero-order valence-corrected chi connectivity index (χ0v) is 13.7. The topological polar surface area (TPSA) is 41.5 Å². The zero-order chi connectivity index (χ0) is 16.5. The van der Waals surface area contributed by atoms with E-state index in [2.05, 4.69) is 20.0 Å². The number of ether oxygens (including phenoxy) is 1. The number of nitrogens with zero attached hydrogens (tertiary/aromatic N) is 4. The lowest BCUT2D eigenvalue weighted by molar-refractivity contribution is 0.0303. The molecule has 3 heterocycles. The molecule has 126 valence electrons. The number of morpholine rings is 1. The van der Waals surface area contributed by atoms with E-state index >= 15 is 0 Å². The Labute approximate surface area is 141 Å². The van der Waals surface area contributed by atoms with Crippen molar-refractivity contribution in [1.29, 1.82) is 0 Å². The summed E-state index contributed by atoms with van der Waals surface area (Å²) in [6, 6.07) is 11.1. The van der Waals surface area contributed by atoms with E-state index in [0.29, 0.717) is 6.61 Å². The first-order valence-electron chi connectivity index (χ1n) is 8.34. The van der Waals surface area contributed by atoms with Crippen LogP contribution in [-0.4, -0.2) is 53.5 Å². The first-order chi connectivity index (χ1) is 11.7. The third-order valence-corrected chi connectivity index (χ3v) is 4.77. The van der Waals surface area contributed by atoms with Crippen LogP contribution in [-0.2, 0) is 11.3 Å². The van der Waals surface area contributed by atoms with Crippen molar-refractivity contribution in [2.75, 3.05) is 31.1 Å². The van der Waals surface area contributed by atoms with Gasteiger partial charge in [0.05, 0.1) is 24.4 Å². The highest BCUT2D eigenvalue weighted by molar-refractivity contribution is 5.40. The molecule has 0 amide bonds. The minimum Gasteiger partial charge on any atom is -0.373 e. The second kappa shape index (κ2) is 6.45. The highest BCUT2D eigenvalue weighted by atomic mass is 19.1.